The molecule has 21 heavy (non-hydrogen) atoms. The molecule has 0 saturated carbocycles. The van der Waals surface area contributed by atoms with Gasteiger partial charge in [-0.2, -0.15) is 9.61 Å². The Morgan fingerprint density at radius 2 is 2.10 bits per heavy atom. The van der Waals surface area contributed by atoms with Gasteiger partial charge in [0.05, 0.1) is 6.42 Å². The summed E-state index contributed by atoms with van der Waals surface area (Å²) in [4.78, 5) is 23.3. The van der Waals surface area contributed by atoms with Crippen molar-refractivity contribution in [3.05, 3.63) is 39.6 Å². The number of carboxylic acids is 1. The van der Waals surface area contributed by atoms with E-state index < -0.39 is 11.5 Å². The van der Waals surface area contributed by atoms with E-state index in [0.29, 0.717) is 11.3 Å². The van der Waals surface area contributed by atoms with Gasteiger partial charge in [0, 0.05) is 11.3 Å². The first-order valence-corrected chi connectivity index (χ1v) is 6.70. The topological polar surface area (TPSA) is 123 Å². The predicted molar refractivity (Wildman–Crippen MR) is 76.1 cm³/mol. The number of nitrogens with two attached hydrogens (primary N) is 1. The average molecular weight is 303 g/mol. The number of hydrogen-bond acceptors (Lipinski definition) is 7. The number of carbonyl (C=O) groups is 1. The quantitative estimate of drug-likeness (QED) is 0.672. The van der Waals surface area contributed by atoms with Gasteiger partial charge in [0.25, 0.3) is 0 Å². The highest BCUT2D eigenvalue weighted by Gasteiger charge is 2.16. The van der Waals surface area contributed by atoms with Gasteiger partial charge in [-0.3, -0.25) is 9.59 Å². The lowest BCUT2D eigenvalue weighted by atomic mass is 10.1. The maximum atomic E-state index is 12.4. The van der Waals surface area contributed by atoms with Crippen LogP contribution in [0.4, 0.5) is 5.69 Å². The Balaban J connectivity index is 2.19. The van der Waals surface area contributed by atoms with Crippen LogP contribution in [0.5, 0.6) is 0 Å². The lowest BCUT2D eigenvalue weighted by Gasteiger charge is -2.02. The monoisotopic (exact) mass is 303 g/mol. The minimum absolute atomic E-state index is 0.0813. The summed E-state index contributed by atoms with van der Waals surface area (Å²) in [5.74, 6) is -1.03. The highest BCUT2D eigenvalue weighted by molar-refractivity contribution is 7.16. The summed E-state index contributed by atoms with van der Waals surface area (Å²) in [6, 6.07) is 6.80. The lowest BCUT2D eigenvalue weighted by Crippen LogP contribution is -2.19. The normalized spacial score (nSPS) is 10.9. The molecule has 0 aliphatic heterocycles. The van der Waals surface area contributed by atoms with Crippen molar-refractivity contribution in [2.45, 2.75) is 6.42 Å². The van der Waals surface area contributed by atoms with Gasteiger partial charge in [-0.25, -0.2) is 0 Å². The number of hydrogen-bond donors (Lipinski definition) is 2. The van der Waals surface area contributed by atoms with Gasteiger partial charge in [0.2, 0.25) is 4.96 Å². The van der Waals surface area contributed by atoms with Gasteiger partial charge in [0.15, 0.2) is 5.69 Å². The number of benzene rings is 1. The second kappa shape index (κ2) is 4.94. The average Bonchev–Trinajstić information content (AvgIpc) is 2.83. The molecule has 0 aliphatic rings. The van der Waals surface area contributed by atoms with E-state index >= 15 is 0 Å². The van der Waals surface area contributed by atoms with Crippen molar-refractivity contribution >= 4 is 28.0 Å². The molecule has 0 bridgehead atoms. The Kier molecular flexibility index (Phi) is 3.10. The van der Waals surface area contributed by atoms with Crippen LogP contribution in [0.1, 0.15) is 5.01 Å². The van der Waals surface area contributed by atoms with Crippen LogP contribution in [0, 0.1) is 0 Å². The zero-order valence-electron chi connectivity index (χ0n) is 10.6. The van der Waals surface area contributed by atoms with Crippen molar-refractivity contribution < 1.29 is 9.90 Å². The van der Waals surface area contributed by atoms with E-state index in [0.717, 1.165) is 15.9 Å². The molecule has 1 aromatic carbocycles. The number of anilines is 1. The number of carboxylic acid groups (broad SMARTS) is 1. The van der Waals surface area contributed by atoms with E-state index in [1.165, 1.54) is 0 Å². The maximum Gasteiger partial charge on any atom is 0.310 e. The Bertz CT molecular complexity index is 901. The van der Waals surface area contributed by atoms with Crippen molar-refractivity contribution in [2.75, 3.05) is 5.73 Å². The first kappa shape index (κ1) is 13.2. The van der Waals surface area contributed by atoms with E-state index in [-0.39, 0.29) is 22.1 Å². The van der Waals surface area contributed by atoms with Crippen LogP contribution in [0.2, 0.25) is 0 Å². The van der Waals surface area contributed by atoms with Gasteiger partial charge in [-0.1, -0.05) is 29.5 Å². The van der Waals surface area contributed by atoms with Gasteiger partial charge < -0.3 is 10.8 Å². The lowest BCUT2D eigenvalue weighted by molar-refractivity contribution is -0.136. The standard InChI is InChI=1S/C12H9N5O3S/c13-7-4-2-1-3-6(7)10-11(20)17-12(15-14-10)21-8(16-17)5-9(18)19/h1-4H,5,13H2,(H,18,19). The fourth-order valence-electron chi connectivity index (χ4n) is 1.84. The number of nitrogens with zero attached hydrogens (tertiary/aromatic N) is 4. The summed E-state index contributed by atoms with van der Waals surface area (Å²) < 4.78 is 1.05. The first-order valence-electron chi connectivity index (χ1n) is 5.88. The molecular weight excluding hydrogens is 294 g/mol. The molecule has 0 fully saturated rings. The number of nitrogen functional groups attached to an aromatic ring is 1. The van der Waals surface area contributed by atoms with Crippen molar-refractivity contribution in [1.29, 1.82) is 0 Å². The van der Waals surface area contributed by atoms with Gasteiger partial charge in [-0.15, -0.1) is 10.2 Å². The van der Waals surface area contributed by atoms with Gasteiger partial charge in [-0.05, 0) is 6.07 Å². The molecule has 0 atom stereocenters. The zero-order chi connectivity index (χ0) is 15.0. The highest BCUT2D eigenvalue weighted by atomic mass is 32.1. The highest BCUT2D eigenvalue weighted by Crippen LogP contribution is 2.21. The van der Waals surface area contributed by atoms with Crippen LogP contribution in [0.25, 0.3) is 16.2 Å². The Hall–Kier alpha value is -2.81. The molecule has 106 valence electrons. The van der Waals surface area contributed by atoms with Crippen LogP contribution in [0.15, 0.2) is 29.1 Å². The molecule has 9 heteroatoms. The van der Waals surface area contributed by atoms with Crippen molar-refractivity contribution in [1.82, 2.24) is 19.8 Å². The molecule has 3 N–H and O–H groups in total. The molecule has 0 aliphatic carbocycles. The zero-order valence-corrected chi connectivity index (χ0v) is 11.4. The van der Waals surface area contributed by atoms with Crippen LogP contribution in [-0.2, 0) is 11.2 Å². The van der Waals surface area contributed by atoms with Crippen LogP contribution < -0.4 is 11.3 Å². The fraction of sp³-hybridized carbons (Fsp3) is 0.0833. The summed E-state index contributed by atoms with van der Waals surface area (Å²) in [5.41, 5.74) is 6.30. The minimum atomic E-state index is -1.03. The molecule has 8 nitrogen and oxygen atoms in total. The van der Waals surface area contributed by atoms with Crippen molar-refractivity contribution in [3.63, 3.8) is 0 Å². The number of para-hydroxylation sites is 1. The first-order chi connectivity index (χ1) is 10.1. The van der Waals surface area contributed by atoms with Crippen molar-refractivity contribution in [3.8, 4) is 11.3 Å². The van der Waals surface area contributed by atoms with E-state index in [1.54, 1.807) is 24.3 Å². The number of rotatable bonds is 3. The molecule has 0 amide bonds. The molecule has 3 rings (SSSR count). The fourth-order valence-corrected chi connectivity index (χ4v) is 2.66. The van der Waals surface area contributed by atoms with Gasteiger partial charge >= 0.3 is 11.5 Å². The third-order valence-corrected chi connectivity index (χ3v) is 3.65. The Morgan fingerprint density at radius 3 is 2.81 bits per heavy atom. The van der Waals surface area contributed by atoms with E-state index in [2.05, 4.69) is 15.3 Å². The third-order valence-electron chi connectivity index (χ3n) is 2.75. The number of aromatic nitrogens is 4. The minimum Gasteiger partial charge on any atom is -0.481 e. The van der Waals surface area contributed by atoms with Crippen LogP contribution in [0.3, 0.4) is 0 Å². The molecule has 2 aromatic heterocycles. The summed E-state index contributed by atoms with van der Waals surface area (Å²) >= 11 is 1.01. The maximum absolute atomic E-state index is 12.4. The Morgan fingerprint density at radius 1 is 1.33 bits per heavy atom. The van der Waals surface area contributed by atoms with E-state index in [1.807, 2.05) is 0 Å². The van der Waals surface area contributed by atoms with E-state index in [4.69, 9.17) is 10.8 Å². The molecule has 0 spiro atoms. The SMILES string of the molecule is Nc1ccccc1-c1nnc2sc(CC(=O)O)nn2c1=O. The smallest absolute Gasteiger partial charge is 0.310 e. The summed E-state index contributed by atoms with van der Waals surface area (Å²) in [6.07, 6.45) is -0.268. The molecule has 0 saturated heterocycles. The third kappa shape index (κ3) is 2.34. The van der Waals surface area contributed by atoms with Crippen molar-refractivity contribution in [2.24, 2.45) is 0 Å². The predicted octanol–water partition coefficient (Wildman–Crippen LogP) is 0.422. The second-order valence-corrected chi connectivity index (χ2v) is 5.24. The van der Waals surface area contributed by atoms with E-state index in [9.17, 15) is 9.59 Å². The molecule has 2 heterocycles. The molecule has 0 radical (unpaired) electrons. The molecule has 3 aromatic rings. The molecule has 0 unspecified atom stereocenters. The van der Waals surface area contributed by atoms with Gasteiger partial charge in [0.1, 0.15) is 5.01 Å². The Labute approximate surface area is 121 Å². The summed E-state index contributed by atoms with van der Waals surface area (Å²) in [7, 11) is 0. The van der Waals surface area contributed by atoms with Crippen LogP contribution >= 0.6 is 11.3 Å². The largest absolute Gasteiger partial charge is 0.481 e. The number of fused-ring (bicyclic) bond motifs is 1. The summed E-state index contributed by atoms with van der Waals surface area (Å²) in [6.45, 7) is 0. The number of aliphatic carboxylic acids is 1. The van der Waals surface area contributed by atoms with Crippen LogP contribution in [-0.4, -0.2) is 30.9 Å². The molecular formula is C12H9N5O3S. The second-order valence-electron chi connectivity index (χ2n) is 4.20. The summed E-state index contributed by atoms with van der Waals surface area (Å²) in [5, 5.41) is 20.8.